The van der Waals surface area contributed by atoms with E-state index in [4.69, 9.17) is 29.0 Å². The van der Waals surface area contributed by atoms with Crippen LogP contribution in [0.1, 0.15) is 117 Å². The first-order valence-electron chi connectivity index (χ1n) is 32.7. The minimum atomic E-state index is -1.78. The monoisotopic (exact) mass is 1360 g/mol. The maximum Gasteiger partial charge on any atom is 0.409 e. The number of carbonyl (C=O) groups excluding carboxylic acids is 6. The number of para-hydroxylation sites is 1. The fourth-order valence-electron chi connectivity index (χ4n) is 15.6. The molecule has 5 heterocycles. The molecule has 7 aromatic rings. The number of carboxylic acid groups (broad SMARTS) is 2. The highest BCUT2D eigenvalue weighted by Gasteiger charge is 2.74. The van der Waals surface area contributed by atoms with Crippen LogP contribution in [0.4, 0.5) is 15.6 Å². The number of aliphatic carboxylic acids is 1. The first-order chi connectivity index (χ1) is 46.9. The van der Waals surface area contributed by atoms with Crippen molar-refractivity contribution in [2.45, 2.75) is 128 Å². The van der Waals surface area contributed by atoms with Gasteiger partial charge in [0.15, 0.2) is 16.9 Å². The number of thiazole rings is 1. The van der Waals surface area contributed by atoms with Crippen LogP contribution in [-0.4, -0.2) is 168 Å². The number of nitrogens with zero attached hydrogens (tertiary/aromatic N) is 6. The third-order valence-corrected chi connectivity index (χ3v) is 20.5. The van der Waals surface area contributed by atoms with Crippen LogP contribution in [0.5, 0.6) is 5.75 Å². The summed E-state index contributed by atoms with van der Waals surface area (Å²) < 4.78 is 27.0. The molecule has 4 aromatic carbocycles. The number of carbonyl (C=O) groups is 8. The molecule has 26 heteroatoms. The number of imide groups is 1. The number of aliphatic hydroxyl groups is 2. The Morgan fingerprint density at radius 3 is 2.43 bits per heavy atom. The molecule has 4 bridgehead atoms. The number of pyridine rings is 1. The number of aromatic nitrogens is 4. The number of amides is 6. The maximum absolute atomic E-state index is 13.7. The number of hydrogen-bond acceptors (Lipinski definition) is 18. The van der Waals surface area contributed by atoms with Gasteiger partial charge in [0.05, 0.1) is 46.1 Å². The highest BCUT2D eigenvalue weighted by Crippen LogP contribution is 2.77. The molecule has 1 saturated heterocycles. The minimum absolute atomic E-state index is 0.00115. The summed E-state index contributed by atoms with van der Waals surface area (Å²) in [6, 6.07) is 27.0. The van der Waals surface area contributed by atoms with Crippen LogP contribution in [0, 0.1) is 23.2 Å². The Morgan fingerprint density at radius 2 is 1.64 bits per heavy atom. The molecule has 3 aromatic heterocycles. The van der Waals surface area contributed by atoms with E-state index in [1.54, 1.807) is 55.7 Å². The topological polar surface area (TPSA) is 341 Å². The molecule has 5 fully saturated rings. The van der Waals surface area contributed by atoms with Gasteiger partial charge in [-0.25, -0.2) is 24.4 Å². The average Bonchev–Trinajstić information content (AvgIpc) is 1.50. The second-order valence-electron chi connectivity index (χ2n) is 27.0. The number of benzene rings is 4. The van der Waals surface area contributed by atoms with E-state index < -0.39 is 54.1 Å². The number of nitrogens with one attached hydrogen (secondary N) is 3. The SMILES string of the molecule is Cc1c(-c2ccc(-c3ccc4cccc(C(=O)Nc5nc6ccccc6s5)c4c3)nc2C(=O)O)cnn1CC12CC3(C)CC(C)(C1)C(OCCN(C)C(=O)OC/C=C/c1ccc(O[C@H]4C[C@@H](O)[C@H](O)[C@@H](C(=O)O)O4)c(NC(=O)CCNC(=O)CCCCCN4C(=O)C=CC4=O)c1)(C3)C2. The summed E-state index contributed by atoms with van der Waals surface area (Å²) in [5, 5.41) is 56.3. The van der Waals surface area contributed by atoms with Gasteiger partial charge in [0, 0.05) is 92.6 Å². The predicted molar refractivity (Wildman–Crippen MR) is 362 cm³/mol. The molecule has 8 atom stereocenters. The fraction of sp³-hybridized carbons (Fsp3) is 0.403. The largest absolute Gasteiger partial charge is 0.479 e. The van der Waals surface area contributed by atoms with Gasteiger partial charge in [-0.2, -0.15) is 5.10 Å². The number of rotatable bonds is 27. The second kappa shape index (κ2) is 28.0. The van der Waals surface area contributed by atoms with E-state index in [2.05, 4.69) is 34.8 Å². The third-order valence-electron chi connectivity index (χ3n) is 19.6. The predicted octanol–water partition coefficient (Wildman–Crippen LogP) is 9.39. The lowest BCUT2D eigenvalue weighted by Gasteiger charge is -2.46. The Bertz CT molecular complexity index is 4330. The molecule has 7 N–H and O–H groups in total. The van der Waals surface area contributed by atoms with E-state index in [9.17, 15) is 58.8 Å². The van der Waals surface area contributed by atoms with Gasteiger partial charge in [0.2, 0.25) is 18.1 Å². The summed E-state index contributed by atoms with van der Waals surface area (Å²) in [6.07, 6.45) is 6.46. The molecule has 4 saturated carbocycles. The molecule has 13 rings (SSSR count). The van der Waals surface area contributed by atoms with E-state index >= 15 is 0 Å². The van der Waals surface area contributed by atoms with Crippen LogP contribution in [0.3, 0.4) is 0 Å². The number of likely N-dealkylation sites (N-methyl/N-ethyl adjacent to an activating group) is 1. The van der Waals surface area contributed by atoms with Gasteiger partial charge in [-0.1, -0.05) is 80.1 Å². The molecule has 0 spiro atoms. The molecule has 4 unspecified atom stereocenters. The van der Waals surface area contributed by atoms with Gasteiger partial charge < -0.3 is 54.9 Å². The van der Waals surface area contributed by atoms with Crippen LogP contribution in [0.15, 0.2) is 115 Å². The van der Waals surface area contributed by atoms with Crippen molar-refractivity contribution in [3.63, 3.8) is 0 Å². The molecule has 2 aliphatic heterocycles. The van der Waals surface area contributed by atoms with Gasteiger partial charge in [-0.15, -0.1) is 0 Å². The number of unbranched alkanes of at least 4 members (excludes halogenated alkanes) is 2. The molecule has 512 valence electrons. The smallest absolute Gasteiger partial charge is 0.409 e. The van der Waals surface area contributed by atoms with Crippen LogP contribution in [0.2, 0.25) is 0 Å². The summed E-state index contributed by atoms with van der Waals surface area (Å²) in [5.74, 6) is -4.48. The quantitative estimate of drug-likeness (QED) is 0.0186. The summed E-state index contributed by atoms with van der Waals surface area (Å²) in [7, 11) is 1.64. The van der Waals surface area contributed by atoms with Crippen molar-refractivity contribution in [2.24, 2.45) is 16.2 Å². The van der Waals surface area contributed by atoms with Gasteiger partial charge in [-0.3, -0.25) is 38.9 Å². The Labute approximate surface area is 567 Å². The van der Waals surface area contributed by atoms with Crippen LogP contribution >= 0.6 is 11.3 Å². The van der Waals surface area contributed by atoms with Gasteiger partial charge >= 0.3 is 18.0 Å². The van der Waals surface area contributed by atoms with Crippen molar-refractivity contribution in [1.82, 2.24) is 34.9 Å². The lowest BCUT2D eigenvalue weighted by Crippen LogP contribution is -2.53. The Hall–Kier alpha value is -9.73. The molecule has 6 amide bonds. The number of fused-ring (bicyclic) bond motifs is 2. The molecule has 6 aliphatic rings. The van der Waals surface area contributed by atoms with Crippen molar-refractivity contribution in [3.05, 3.63) is 138 Å². The van der Waals surface area contributed by atoms with Gasteiger partial charge in [0.25, 0.3) is 17.7 Å². The van der Waals surface area contributed by atoms with Crippen LogP contribution in [0.25, 0.3) is 49.4 Å². The first kappa shape index (κ1) is 68.2. The standard InChI is InChI=1S/C72H77N9O16S/c1-42-49(46-21-22-50(76-61(46)65(89)90)45-20-19-44-13-10-14-47(48(44)33-45)64(88)78-67-77-51-15-7-8-16-55(51)98-67)35-74-81(42)41-71-37-69(2)36-70(3,39-71)72(38-69,40-71)95-31-29-79(4)68(93)94-30-11-12-43-18-23-54(96-60-34-53(82)62(87)63(97-60)66(91)92)52(32-43)75-57(84)26-27-73-56(83)17-6-5-9-28-80-58(85)24-25-59(80)86/h7-8,10-16,18-25,32-33,35,53,60,62-63,82,87H,5-6,9,17,26-31,34,36-41H2,1-4H3,(H,73,83)(H,75,84)(H,89,90)(H,91,92)(H,77,78,88)/b12-11+/t53-,60-,62+,63+,69?,70?,71?,72?/m1/s1. The summed E-state index contributed by atoms with van der Waals surface area (Å²) in [4.78, 5) is 113. The number of hydrogen-bond donors (Lipinski definition) is 7. The van der Waals surface area contributed by atoms with Crippen molar-refractivity contribution in [2.75, 3.05) is 50.5 Å². The number of anilines is 2. The van der Waals surface area contributed by atoms with Gasteiger partial charge in [0.1, 0.15) is 18.5 Å². The third kappa shape index (κ3) is 14.5. The van der Waals surface area contributed by atoms with E-state index in [1.807, 2.05) is 66.2 Å². The highest BCUT2D eigenvalue weighted by molar-refractivity contribution is 7.22. The van der Waals surface area contributed by atoms with E-state index in [0.29, 0.717) is 69.8 Å². The Morgan fingerprint density at radius 1 is 0.837 bits per heavy atom. The lowest BCUT2D eigenvalue weighted by molar-refractivity contribution is -0.228. The van der Waals surface area contributed by atoms with Crippen molar-refractivity contribution in [3.8, 4) is 28.1 Å². The lowest BCUT2D eigenvalue weighted by atomic mass is 9.60. The van der Waals surface area contributed by atoms with Crippen molar-refractivity contribution < 1.29 is 77.7 Å². The Kier molecular flexibility index (Phi) is 19.5. The van der Waals surface area contributed by atoms with E-state index in [0.717, 1.165) is 58.3 Å². The zero-order valence-electron chi connectivity index (χ0n) is 54.7. The second-order valence-corrected chi connectivity index (χ2v) is 28.0. The fourth-order valence-corrected chi connectivity index (χ4v) is 16.4. The molecular formula is C72H77N9O16S. The van der Waals surface area contributed by atoms with Crippen LogP contribution < -0.4 is 20.7 Å². The van der Waals surface area contributed by atoms with Crippen molar-refractivity contribution in [1.29, 1.82) is 0 Å². The number of ether oxygens (including phenoxy) is 4. The van der Waals surface area contributed by atoms with E-state index in [1.165, 1.54) is 34.5 Å². The molecule has 98 heavy (non-hydrogen) atoms. The summed E-state index contributed by atoms with van der Waals surface area (Å²) in [5.41, 5.74) is 3.99. The summed E-state index contributed by atoms with van der Waals surface area (Å²) >= 11 is 1.39. The van der Waals surface area contributed by atoms with Crippen LogP contribution in [-0.2, 0) is 44.7 Å². The molecule has 4 aliphatic carbocycles. The Balaban J connectivity index is 0.644. The minimum Gasteiger partial charge on any atom is -0.479 e. The van der Waals surface area contributed by atoms with Gasteiger partial charge in [-0.05, 0) is 139 Å². The molecule has 0 radical (unpaired) electrons. The first-order valence-corrected chi connectivity index (χ1v) is 33.5. The number of aromatic carboxylic acids is 1. The molecular weight excluding hydrogens is 1280 g/mol. The molecule has 25 nitrogen and oxygen atoms in total. The highest BCUT2D eigenvalue weighted by atomic mass is 32.1. The van der Waals surface area contributed by atoms with Crippen molar-refractivity contribution >= 4 is 96.8 Å². The summed E-state index contributed by atoms with van der Waals surface area (Å²) in [6.45, 7) is 7.85. The normalized spacial score (nSPS) is 23.8. The maximum atomic E-state index is 13.7. The zero-order valence-corrected chi connectivity index (χ0v) is 55.5. The number of carboxylic acids is 2. The zero-order chi connectivity index (χ0) is 69.3. The van der Waals surface area contributed by atoms with E-state index in [-0.39, 0.29) is 109 Å². The number of aliphatic hydroxyl groups excluding tert-OH is 2. The average molecular weight is 1360 g/mol.